The highest BCUT2D eigenvalue weighted by Crippen LogP contribution is 2.21. The molecule has 1 atom stereocenters. The zero-order chi connectivity index (χ0) is 19.2. The molecule has 3 rings (SSSR count). The molecule has 0 radical (unpaired) electrons. The average molecular weight is 373 g/mol. The van der Waals surface area contributed by atoms with Crippen LogP contribution in [-0.2, 0) is 16.0 Å². The van der Waals surface area contributed by atoms with Crippen molar-refractivity contribution in [3.63, 3.8) is 0 Å². The smallest absolute Gasteiger partial charge is 0.308 e. The molecule has 144 valence electrons. The van der Waals surface area contributed by atoms with Crippen LogP contribution in [-0.4, -0.2) is 51.7 Å². The van der Waals surface area contributed by atoms with Gasteiger partial charge in [-0.2, -0.15) is 4.98 Å². The van der Waals surface area contributed by atoms with Gasteiger partial charge in [0.2, 0.25) is 17.6 Å². The Hall–Kier alpha value is -2.90. The molecule has 0 bridgehead atoms. The molecule has 0 aliphatic carbocycles. The van der Waals surface area contributed by atoms with Gasteiger partial charge < -0.3 is 19.3 Å². The molecule has 8 heteroatoms. The lowest BCUT2D eigenvalue weighted by Gasteiger charge is -2.30. The molecule has 1 N–H and O–H groups in total. The van der Waals surface area contributed by atoms with Crippen LogP contribution in [0.4, 0.5) is 0 Å². The predicted octanol–water partition coefficient (Wildman–Crippen LogP) is 2.39. The number of likely N-dealkylation sites (tertiary alicyclic amines) is 1. The highest BCUT2D eigenvalue weighted by molar-refractivity contribution is 5.78. The first-order valence-electron chi connectivity index (χ1n) is 9.13. The molecule has 2 heterocycles. The van der Waals surface area contributed by atoms with Gasteiger partial charge in [-0.15, -0.1) is 0 Å². The Kier molecular flexibility index (Phi) is 6.05. The summed E-state index contributed by atoms with van der Waals surface area (Å²) in [7, 11) is 0. The van der Waals surface area contributed by atoms with Crippen LogP contribution in [0.3, 0.4) is 0 Å². The number of aryl methyl sites for hydroxylation is 1. The maximum absolute atomic E-state index is 12.3. The Labute approximate surface area is 157 Å². The van der Waals surface area contributed by atoms with E-state index in [9.17, 15) is 9.59 Å². The Morgan fingerprint density at radius 1 is 1.33 bits per heavy atom. The van der Waals surface area contributed by atoms with Gasteiger partial charge in [0.05, 0.1) is 12.5 Å². The van der Waals surface area contributed by atoms with Crippen molar-refractivity contribution in [1.82, 2.24) is 15.0 Å². The van der Waals surface area contributed by atoms with Gasteiger partial charge in [-0.25, -0.2) is 0 Å². The summed E-state index contributed by atoms with van der Waals surface area (Å²) in [6, 6.07) is 7.39. The number of carboxylic acids is 1. The van der Waals surface area contributed by atoms with Crippen LogP contribution in [0.25, 0.3) is 11.4 Å². The number of aliphatic carboxylic acids is 1. The summed E-state index contributed by atoms with van der Waals surface area (Å²) >= 11 is 0. The second-order valence-electron chi connectivity index (χ2n) is 6.49. The number of benzene rings is 1. The van der Waals surface area contributed by atoms with Crippen molar-refractivity contribution >= 4 is 11.9 Å². The fourth-order valence-electron chi connectivity index (χ4n) is 3.12. The number of hydrogen-bond donors (Lipinski definition) is 1. The molecular weight excluding hydrogens is 350 g/mol. The number of hydrogen-bond acceptors (Lipinski definition) is 6. The van der Waals surface area contributed by atoms with E-state index in [2.05, 4.69) is 10.1 Å². The second kappa shape index (κ2) is 8.66. The van der Waals surface area contributed by atoms with E-state index < -0.39 is 11.9 Å². The highest BCUT2D eigenvalue weighted by Gasteiger charge is 2.28. The lowest BCUT2D eigenvalue weighted by atomic mass is 9.98. The number of carboxylic acid groups (broad SMARTS) is 1. The van der Waals surface area contributed by atoms with E-state index >= 15 is 0 Å². The molecule has 0 spiro atoms. The van der Waals surface area contributed by atoms with Gasteiger partial charge in [0.25, 0.3) is 0 Å². The first-order chi connectivity index (χ1) is 13.1. The van der Waals surface area contributed by atoms with Crippen LogP contribution < -0.4 is 4.74 Å². The Bertz CT molecular complexity index is 787. The topological polar surface area (TPSA) is 106 Å². The van der Waals surface area contributed by atoms with Gasteiger partial charge in [0, 0.05) is 31.5 Å². The van der Waals surface area contributed by atoms with E-state index in [1.165, 1.54) is 0 Å². The van der Waals surface area contributed by atoms with Crippen LogP contribution in [0.1, 0.15) is 32.1 Å². The lowest BCUT2D eigenvalue weighted by molar-refractivity contribution is -0.145. The van der Waals surface area contributed by atoms with Crippen molar-refractivity contribution in [2.75, 3.05) is 19.7 Å². The maximum atomic E-state index is 12.3. The predicted molar refractivity (Wildman–Crippen MR) is 96.2 cm³/mol. The Morgan fingerprint density at radius 3 is 2.81 bits per heavy atom. The number of aromatic nitrogens is 2. The summed E-state index contributed by atoms with van der Waals surface area (Å²) in [4.78, 5) is 29.4. The molecule has 0 saturated carbocycles. The molecule has 1 saturated heterocycles. The maximum Gasteiger partial charge on any atom is 0.308 e. The minimum absolute atomic E-state index is 0.0817. The Morgan fingerprint density at radius 2 is 2.11 bits per heavy atom. The molecule has 2 aromatic rings. The first-order valence-corrected chi connectivity index (χ1v) is 9.13. The zero-order valence-electron chi connectivity index (χ0n) is 15.3. The van der Waals surface area contributed by atoms with Gasteiger partial charge in [0.15, 0.2) is 0 Å². The van der Waals surface area contributed by atoms with Crippen LogP contribution in [0.15, 0.2) is 28.8 Å². The van der Waals surface area contributed by atoms with E-state index in [-0.39, 0.29) is 18.9 Å². The van der Waals surface area contributed by atoms with E-state index in [0.717, 1.165) is 11.3 Å². The van der Waals surface area contributed by atoms with Gasteiger partial charge in [0.1, 0.15) is 5.75 Å². The van der Waals surface area contributed by atoms with E-state index in [1.807, 2.05) is 31.2 Å². The van der Waals surface area contributed by atoms with E-state index in [4.69, 9.17) is 14.4 Å². The number of rotatable bonds is 7. The van der Waals surface area contributed by atoms with Gasteiger partial charge >= 0.3 is 5.97 Å². The van der Waals surface area contributed by atoms with Crippen molar-refractivity contribution in [3.8, 4) is 17.1 Å². The van der Waals surface area contributed by atoms with Crippen molar-refractivity contribution in [1.29, 1.82) is 0 Å². The lowest BCUT2D eigenvalue weighted by Crippen LogP contribution is -2.42. The van der Waals surface area contributed by atoms with Crippen LogP contribution in [0.2, 0.25) is 0 Å². The molecule has 1 fully saturated rings. The summed E-state index contributed by atoms with van der Waals surface area (Å²) < 4.78 is 10.6. The molecular formula is C19H23N3O5. The number of carbonyl (C=O) groups is 2. The number of carbonyl (C=O) groups excluding carboxylic acids is 1. The standard InChI is InChI=1S/C19H23N3O5/c1-2-26-15-7-5-13(6-8-15)18-20-16(27-21-18)9-10-17(23)22-11-3-4-14(12-22)19(24)25/h5-8,14H,2-4,9-12H2,1H3,(H,24,25)/t14-/m1/s1. The summed E-state index contributed by atoms with van der Waals surface area (Å²) in [5.74, 6) is 0.226. The minimum atomic E-state index is -0.843. The number of nitrogens with zero attached hydrogens (tertiary/aromatic N) is 3. The molecule has 1 aliphatic heterocycles. The largest absolute Gasteiger partial charge is 0.494 e. The summed E-state index contributed by atoms with van der Waals surface area (Å²) in [5, 5.41) is 13.1. The number of ether oxygens (including phenoxy) is 1. The number of amides is 1. The van der Waals surface area contributed by atoms with E-state index in [0.29, 0.717) is 44.1 Å². The number of piperidine rings is 1. The van der Waals surface area contributed by atoms with Crippen LogP contribution >= 0.6 is 0 Å². The molecule has 8 nitrogen and oxygen atoms in total. The minimum Gasteiger partial charge on any atom is -0.494 e. The first kappa shape index (κ1) is 18.9. The highest BCUT2D eigenvalue weighted by atomic mass is 16.5. The third-order valence-corrected chi connectivity index (χ3v) is 4.57. The van der Waals surface area contributed by atoms with Crippen molar-refractivity contribution < 1.29 is 24.0 Å². The Balaban J connectivity index is 1.54. The van der Waals surface area contributed by atoms with Gasteiger partial charge in [-0.05, 0) is 44.0 Å². The molecule has 27 heavy (non-hydrogen) atoms. The second-order valence-corrected chi connectivity index (χ2v) is 6.49. The molecule has 0 unspecified atom stereocenters. The quantitative estimate of drug-likeness (QED) is 0.794. The normalized spacial score (nSPS) is 16.9. The molecule has 1 aromatic heterocycles. The third-order valence-electron chi connectivity index (χ3n) is 4.57. The molecule has 1 aromatic carbocycles. The zero-order valence-corrected chi connectivity index (χ0v) is 15.3. The monoisotopic (exact) mass is 373 g/mol. The van der Waals surface area contributed by atoms with E-state index in [1.54, 1.807) is 4.90 Å². The van der Waals surface area contributed by atoms with Crippen LogP contribution in [0, 0.1) is 5.92 Å². The summed E-state index contributed by atoms with van der Waals surface area (Å²) in [6.45, 7) is 3.40. The fourth-order valence-corrected chi connectivity index (χ4v) is 3.12. The van der Waals surface area contributed by atoms with Gasteiger partial charge in [-0.1, -0.05) is 5.16 Å². The summed E-state index contributed by atoms with van der Waals surface area (Å²) in [5.41, 5.74) is 0.806. The molecule has 1 amide bonds. The fraction of sp³-hybridized carbons (Fsp3) is 0.474. The third kappa shape index (κ3) is 4.84. The van der Waals surface area contributed by atoms with Crippen LogP contribution in [0.5, 0.6) is 5.75 Å². The van der Waals surface area contributed by atoms with Crippen molar-refractivity contribution in [3.05, 3.63) is 30.2 Å². The summed E-state index contributed by atoms with van der Waals surface area (Å²) in [6.07, 6.45) is 1.88. The van der Waals surface area contributed by atoms with Crippen molar-refractivity contribution in [2.24, 2.45) is 5.92 Å². The molecule has 1 aliphatic rings. The average Bonchev–Trinajstić information content (AvgIpc) is 3.16. The van der Waals surface area contributed by atoms with Crippen molar-refractivity contribution in [2.45, 2.75) is 32.6 Å². The SMILES string of the molecule is CCOc1ccc(-c2noc(CCC(=O)N3CCC[C@@H](C(=O)O)C3)n2)cc1. The van der Waals surface area contributed by atoms with Gasteiger partial charge in [-0.3, -0.25) is 9.59 Å².